The van der Waals surface area contributed by atoms with Gasteiger partial charge in [0.05, 0.1) is 12.3 Å². The van der Waals surface area contributed by atoms with Crippen LogP contribution in [0.1, 0.15) is 54.7 Å². The number of benzene rings is 3. The fourth-order valence-electron chi connectivity index (χ4n) is 7.43. The number of hydrogen-bond donors (Lipinski definition) is 7. The first kappa shape index (κ1) is 33.4. The molecule has 1 saturated heterocycles. The number of amides is 1. The summed E-state index contributed by atoms with van der Waals surface area (Å²) < 4.78 is 11.2. The first-order valence-corrected chi connectivity index (χ1v) is 16.0. The van der Waals surface area contributed by atoms with Crippen molar-refractivity contribution in [3.05, 3.63) is 89.5 Å². The number of ether oxygens (including phenoxy) is 2. The molecule has 48 heavy (non-hydrogen) atoms. The molecule has 12 nitrogen and oxygen atoms in total. The standard InChI is InChI=1S/C36H39NO11/c38-19-28-31(42)32(43)33(44)35(48-28)47-27-17-25-23(16-26(27)40)24(18-36(14-4-5-15-36)21-6-2-1-3-7-21)30(34(45)46)37(25)29(41)13-10-20-8-11-22(39)12-9-20/h1-3,6-13,16-17,24,28,30-33,35,38-40,42-44H,4-5,14-15,18-19H2,(H,45,46)/t24-,28+,30+,31+,32-,33+,35-/m0/s1. The number of carbonyl (C=O) groups is 2. The maximum absolute atomic E-state index is 14.0. The highest BCUT2D eigenvalue weighted by Gasteiger charge is 2.51. The number of carboxylic acid groups (broad SMARTS) is 1. The lowest BCUT2D eigenvalue weighted by molar-refractivity contribution is -0.277. The van der Waals surface area contributed by atoms with Crippen molar-refractivity contribution in [3.63, 3.8) is 0 Å². The first-order chi connectivity index (χ1) is 23.0. The second-order valence-corrected chi connectivity index (χ2v) is 12.8. The second-order valence-electron chi connectivity index (χ2n) is 12.8. The van der Waals surface area contributed by atoms with Gasteiger partial charge in [0.1, 0.15) is 36.2 Å². The molecule has 1 saturated carbocycles. The van der Waals surface area contributed by atoms with Gasteiger partial charge < -0.3 is 45.2 Å². The van der Waals surface area contributed by atoms with Crippen LogP contribution in [0.5, 0.6) is 17.2 Å². The Balaban J connectivity index is 1.42. The molecule has 7 atom stereocenters. The van der Waals surface area contributed by atoms with E-state index in [4.69, 9.17) is 9.47 Å². The number of aliphatic carboxylic acids is 1. The highest BCUT2D eigenvalue weighted by atomic mass is 16.7. The van der Waals surface area contributed by atoms with Gasteiger partial charge in [0.15, 0.2) is 11.5 Å². The Labute approximate surface area is 276 Å². The summed E-state index contributed by atoms with van der Waals surface area (Å²) in [5.74, 6) is -3.26. The Morgan fingerprint density at radius 1 is 0.938 bits per heavy atom. The summed E-state index contributed by atoms with van der Waals surface area (Å²) in [6.45, 7) is -0.693. The van der Waals surface area contributed by atoms with E-state index in [1.54, 1.807) is 12.1 Å². The molecule has 7 N–H and O–H groups in total. The zero-order valence-corrected chi connectivity index (χ0v) is 26.0. The van der Waals surface area contributed by atoms with Crippen molar-refractivity contribution < 1.29 is 54.8 Å². The van der Waals surface area contributed by atoms with Crippen LogP contribution in [0.4, 0.5) is 5.69 Å². The zero-order valence-electron chi connectivity index (χ0n) is 26.0. The summed E-state index contributed by atoms with van der Waals surface area (Å²) in [5.41, 5.74) is 1.91. The molecule has 2 aliphatic heterocycles. The molecule has 1 aliphatic carbocycles. The van der Waals surface area contributed by atoms with Crippen LogP contribution in [0, 0.1) is 0 Å². The summed E-state index contributed by atoms with van der Waals surface area (Å²) in [6.07, 6.45) is -1.33. The van der Waals surface area contributed by atoms with Gasteiger partial charge in [-0.3, -0.25) is 9.69 Å². The molecule has 0 radical (unpaired) electrons. The average Bonchev–Trinajstić information content (AvgIpc) is 3.68. The van der Waals surface area contributed by atoms with E-state index in [2.05, 4.69) is 0 Å². The fourth-order valence-corrected chi connectivity index (χ4v) is 7.43. The fraction of sp³-hybridized carbons (Fsp3) is 0.389. The van der Waals surface area contributed by atoms with Crippen LogP contribution in [0.3, 0.4) is 0 Å². The van der Waals surface area contributed by atoms with E-state index >= 15 is 0 Å². The van der Waals surface area contributed by atoms with Crippen LogP contribution in [0.2, 0.25) is 0 Å². The maximum Gasteiger partial charge on any atom is 0.327 e. The maximum atomic E-state index is 14.0. The molecule has 1 amide bonds. The highest BCUT2D eigenvalue weighted by Crippen LogP contribution is 2.54. The van der Waals surface area contributed by atoms with Crippen LogP contribution in [0.15, 0.2) is 72.8 Å². The normalized spacial score (nSPS) is 28.0. The Bertz CT molecular complexity index is 1650. The summed E-state index contributed by atoms with van der Waals surface area (Å²) in [5, 5.41) is 72.2. The van der Waals surface area contributed by atoms with Crippen molar-refractivity contribution >= 4 is 23.6 Å². The predicted octanol–water partition coefficient (Wildman–Crippen LogP) is 2.78. The molecule has 0 unspecified atom stereocenters. The number of phenolic OH excluding ortho intramolecular Hbond substituents is 2. The number of aliphatic hydroxyl groups excluding tert-OH is 4. The van der Waals surface area contributed by atoms with Crippen LogP contribution in [-0.4, -0.2) is 91.0 Å². The number of aromatic hydroxyl groups is 2. The van der Waals surface area contributed by atoms with Crippen molar-refractivity contribution in [2.24, 2.45) is 0 Å². The number of carbonyl (C=O) groups excluding carboxylic acids is 1. The van der Waals surface area contributed by atoms with Crippen LogP contribution in [0.25, 0.3) is 6.08 Å². The third-order valence-electron chi connectivity index (χ3n) is 9.88. The lowest BCUT2D eigenvalue weighted by Crippen LogP contribution is -2.60. The van der Waals surface area contributed by atoms with Gasteiger partial charge in [0.2, 0.25) is 6.29 Å². The summed E-state index contributed by atoms with van der Waals surface area (Å²) in [7, 11) is 0. The van der Waals surface area contributed by atoms with Crippen LogP contribution < -0.4 is 9.64 Å². The van der Waals surface area contributed by atoms with Gasteiger partial charge >= 0.3 is 5.97 Å². The van der Waals surface area contributed by atoms with Crippen molar-refractivity contribution in [2.75, 3.05) is 11.5 Å². The average molecular weight is 662 g/mol. The monoisotopic (exact) mass is 661 g/mol. The van der Waals surface area contributed by atoms with Gasteiger partial charge in [-0.05, 0) is 65.6 Å². The minimum Gasteiger partial charge on any atom is -0.508 e. The summed E-state index contributed by atoms with van der Waals surface area (Å²) in [4.78, 5) is 28.2. The summed E-state index contributed by atoms with van der Waals surface area (Å²) >= 11 is 0. The molecule has 2 fully saturated rings. The Morgan fingerprint density at radius 2 is 1.62 bits per heavy atom. The van der Waals surface area contributed by atoms with Gasteiger partial charge in [-0.1, -0.05) is 55.3 Å². The van der Waals surface area contributed by atoms with Gasteiger partial charge in [0.25, 0.3) is 5.91 Å². The molecule has 254 valence electrons. The Hall–Kier alpha value is -4.46. The third kappa shape index (κ3) is 6.25. The molecule has 0 bridgehead atoms. The van der Waals surface area contributed by atoms with Crippen molar-refractivity contribution in [3.8, 4) is 17.2 Å². The minimum absolute atomic E-state index is 0.0479. The Morgan fingerprint density at radius 3 is 2.27 bits per heavy atom. The molecular weight excluding hydrogens is 622 g/mol. The number of anilines is 1. The smallest absolute Gasteiger partial charge is 0.327 e. The molecule has 12 heteroatoms. The number of rotatable bonds is 9. The number of carboxylic acids is 1. The molecule has 2 heterocycles. The molecule has 6 rings (SSSR count). The SMILES string of the molecule is O=C(O)[C@H]1[C@@H](CC2(c3ccccc3)CCCC2)c2cc(O)c(O[C@H]3O[C@H](CO)[C@@H](O)[C@H](O)[C@H]3O)cc2N1C(=O)C=Cc1ccc(O)cc1. The quantitative estimate of drug-likeness (QED) is 0.167. The van der Waals surface area contributed by atoms with Crippen molar-refractivity contribution in [1.29, 1.82) is 0 Å². The van der Waals surface area contributed by atoms with Gasteiger partial charge in [0, 0.05) is 18.1 Å². The molecule has 3 aromatic rings. The van der Waals surface area contributed by atoms with Crippen LogP contribution >= 0.6 is 0 Å². The van der Waals surface area contributed by atoms with Gasteiger partial charge in [-0.15, -0.1) is 0 Å². The van der Waals surface area contributed by atoms with Gasteiger partial charge in [-0.2, -0.15) is 0 Å². The molecule has 0 spiro atoms. The van der Waals surface area contributed by atoms with Crippen molar-refractivity contribution in [1.82, 2.24) is 0 Å². The number of phenols is 2. The first-order valence-electron chi connectivity index (χ1n) is 16.0. The third-order valence-corrected chi connectivity index (χ3v) is 9.88. The minimum atomic E-state index is -1.77. The second kappa shape index (κ2) is 13.6. The van der Waals surface area contributed by atoms with E-state index in [1.165, 1.54) is 36.4 Å². The number of aliphatic hydroxyl groups is 4. The number of hydrogen-bond acceptors (Lipinski definition) is 10. The lowest BCUT2D eigenvalue weighted by atomic mass is 9.70. The zero-order chi connectivity index (χ0) is 34.2. The van der Waals surface area contributed by atoms with E-state index < -0.39 is 66.9 Å². The van der Waals surface area contributed by atoms with E-state index in [9.17, 15) is 45.3 Å². The molecule has 3 aliphatic rings. The Kier molecular flexibility index (Phi) is 9.46. The molecular formula is C36H39NO11. The topological polar surface area (TPSA) is 197 Å². The van der Waals surface area contributed by atoms with E-state index in [-0.39, 0.29) is 22.6 Å². The molecule has 3 aromatic carbocycles. The number of nitrogens with zero attached hydrogens (tertiary/aromatic N) is 1. The number of fused-ring (bicyclic) bond motifs is 1. The highest BCUT2D eigenvalue weighted by molar-refractivity contribution is 6.09. The largest absolute Gasteiger partial charge is 0.508 e. The van der Waals surface area contributed by atoms with E-state index in [0.717, 1.165) is 36.1 Å². The van der Waals surface area contributed by atoms with E-state index in [1.807, 2.05) is 30.3 Å². The predicted molar refractivity (Wildman–Crippen MR) is 172 cm³/mol. The lowest BCUT2D eigenvalue weighted by Gasteiger charge is -2.39. The van der Waals surface area contributed by atoms with Crippen molar-refractivity contribution in [2.45, 2.75) is 80.2 Å². The summed E-state index contributed by atoms with van der Waals surface area (Å²) in [6, 6.07) is 17.3. The molecule has 0 aromatic heterocycles. The van der Waals surface area contributed by atoms with Gasteiger partial charge in [-0.25, -0.2) is 4.79 Å². The van der Waals surface area contributed by atoms with Crippen LogP contribution in [-0.2, 0) is 19.7 Å². The van der Waals surface area contributed by atoms with E-state index in [0.29, 0.717) is 17.5 Å².